The van der Waals surface area contributed by atoms with E-state index in [4.69, 9.17) is 0 Å². The molecule has 2 aromatic rings. The number of halogens is 1. The van der Waals surface area contributed by atoms with E-state index >= 15 is 0 Å². The van der Waals surface area contributed by atoms with Gasteiger partial charge in [-0.1, -0.05) is 20.8 Å². The summed E-state index contributed by atoms with van der Waals surface area (Å²) in [5.74, 6) is -0.339. The molecule has 0 aliphatic rings. The molecule has 1 aromatic heterocycles. The Labute approximate surface area is 117 Å². The molecule has 2 rings (SSSR count). The molecule has 19 heavy (non-hydrogen) atoms. The van der Waals surface area contributed by atoms with Gasteiger partial charge < -0.3 is 0 Å². The molecule has 0 spiro atoms. The minimum atomic E-state index is -0.310. The maximum Gasteiger partial charge on any atom is 0.203 e. The molecule has 0 radical (unpaired) electrons. The van der Waals surface area contributed by atoms with Gasteiger partial charge in [-0.05, 0) is 48.2 Å². The van der Waals surface area contributed by atoms with E-state index in [1.807, 2.05) is 12.1 Å². The molecule has 0 saturated carbocycles. The molecule has 0 aliphatic heterocycles. The number of thiophene rings is 1. The molecular formula is C16H17FOS. The van der Waals surface area contributed by atoms with Gasteiger partial charge in [0.2, 0.25) is 5.78 Å². The predicted molar refractivity (Wildman–Crippen MR) is 77.6 cm³/mol. The fourth-order valence-corrected chi connectivity index (χ4v) is 2.90. The van der Waals surface area contributed by atoms with Crippen LogP contribution in [0.5, 0.6) is 0 Å². The highest BCUT2D eigenvalue weighted by atomic mass is 32.1. The summed E-state index contributed by atoms with van der Waals surface area (Å²) in [6.45, 7) is 8.12. The fraction of sp³-hybridized carbons (Fsp3) is 0.312. The number of hydrogen-bond donors (Lipinski definition) is 0. The molecule has 1 nitrogen and oxygen atoms in total. The van der Waals surface area contributed by atoms with Gasteiger partial charge in [-0.25, -0.2) is 4.39 Å². The molecule has 0 saturated heterocycles. The molecule has 1 aromatic carbocycles. The van der Waals surface area contributed by atoms with Crippen molar-refractivity contribution in [2.45, 2.75) is 33.1 Å². The number of benzene rings is 1. The third-order valence-electron chi connectivity index (χ3n) is 3.00. The van der Waals surface area contributed by atoms with Crippen LogP contribution in [0.1, 0.15) is 46.4 Å². The molecule has 0 N–H and O–H groups in total. The zero-order chi connectivity index (χ0) is 14.2. The van der Waals surface area contributed by atoms with Crippen LogP contribution in [0, 0.1) is 12.7 Å². The lowest BCUT2D eigenvalue weighted by atomic mass is 9.95. The van der Waals surface area contributed by atoms with E-state index in [0.29, 0.717) is 16.0 Å². The van der Waals surface area contributed by atoms with Crippen LogP contribution in [0.15, 0.2) is 30.3 Å². The third-order valence-corrected chi connectivity index (χ3v) is 4.51. The predicted octanol–water partition coefficient (Wildman–Crippen LogP) is 4.72. The Morgan fingerprint density at radius 2 is 1.84 bits per heavy atom. The van der Waals surface area contributed by atoms with Crippen molar-refractivity contribution in [3.63, 3.8) is 0 Å². The second kappa shape index (κ2) is 4.89. The summed E-state index contributed by atoms with van der Waals surface area (Å²) >= 11 is 1.51. The van der Waals surface area contributed by atoms with Crippen LogP contribution < -0.4 is 0 Å². The van der Waals surface area contributed by atoms with Crippen molar-refractivity contribution in [3.8, 4) is 0 Å². The van der Waals surface area contributed by atoms with Crippen molar-refractivity contribution in [1.29, 1.82) is 0 Å². The summed E-state index contributed by atoms with van der Waals surface area (Å²) in [6.07, 6.45) is 0. The quantitative estimate of drug-likeness (QED) is 0.725. The van der Waals surface area contributed by atoms with E-state index in [2.05, 4.69) is 20.8 Å². The summed E-state index contributed by atoms with van der Waals surface area (Å²) in [7, 11) is 0. The molecule has 0 aliphatic carbocycles. The first-order valence-corrected chi connectivity index (χ1v) is 7.02. The van der Waals surface area contributed by atoms with Crippen LogP contribution in [0.2, 0.25) is 0 Å². The van der Waals surface area contributed by atoms with E-state index in [1.54, 1.807) is 13.0 Å². The first kappa shape index (κ1) is 13.9. The van der Waals surface area contributed by atoms with Gasteiger partial charge in [0.05, 0.1) is 4.88 Å². The summed E-state index contributed by atoms with van der Waals surface area (Å²) in [5, 5.41) is 0. The standard InChI is InChI=1S/C16H17FOS/c1-10-9-11(17)5-6-12(10)15(18)13-7-8-14(19-13)16(2,3)4/h5-9H,1-4H3. The van der Waals surface area contributed by atoms with E-state index in [9.17, 15) is 9.18 Å². The maximum atomic E-state index is 13.1. The van der Waals surface area contributed by atoms with Gasteiger partial charge >= 0.3 is 0 Å². The van der Waals surface area contributed by atoms with Crippen LogP contribution in [-0.4, -0.2) is 5.78 Å². The minimum Gasteiger partial charge on any atom is -0.288 e. The van der Waals surface area contributed by atoms with Gasteiger partial charge in [0, 0.05) is 10.4 Å². The third kappa shape index (κ3) is 2.92. The highest BCUT2D eigenvalue weighted by molar-refractivity contribution is 7.14. The zero-order valence-electron chi connectivity index (χ0n) is 11.6. The topological polar surface area (TPSA) is 17.1 Å². The second-order valence-corrected chi connectivity index (χ2v) is 6.79. The van der Waals surface area contributed by atoms with Crippen LogP contribution in [0.4, 0.5) is 4.39 Å². The maximum absolute atomic E-state index is 13.1. The van der Waals surface area contributed by atoms with E-state index < -0.39 is 0 Å². The average Bonchev–Trinajstić information content (AvgIpc) is 2.76. The molecule has 3 heteroatoms. The fourth-order valence-electron chi connectivity index (χ4n) is 1.88. The van der Waals surface area contributed by atoms with Crippen LogP contribution in [-0.2, 0) is 5.41 Å². The summed E-state index contributed by atoms with van der Waals surface area (Å²) in [4.78, 5) is 14.3. The summed E-state index contributed by atoms with van der Waals surface area (Å²) < 4.78 is 13.1. The number of ketones is 1. The van der Waals surface area contributed by atoms with Crippen molar-refractivity contribution in [1.82, 2.24) is 0 Å². The molecule has 100 valence electrons. The number of carbonyl (C=O) groups excluding carboxylic acids is 1. The van der Waals surface area contributed by atoms with Crippen molar-refractivity contribution in [2.75, 3.05) is 0 Å². The summed E-state index contributed by atoms with van der Waals surface area (Å²) in [5.41, 5.74) is 1.29. The van der Waals surface area contributed by atoms with Crippen molar-refractivity contribution >= 4 is 17.1 Å². The lowest BCUT2D eigenvalue weighted by Gasteiger charge is -2.15. The van der Waals surface area contributed by atoms with Gasteiger partial charge in [0.15, 0.2) is 0 Å². The van der Waals surface area contributed by atoms with Crippen molar-refractivity contribution < 1.29 is 9.18 Å². The Bertz CT molecular complexity index is 620. The lowest BCUT2D eigenvalue weighted by molar-refractivity contribution is 0.104. The Kier molecular flexibility index (Phi) is 3.59. The van der Waals surface area contributed by atoms with E-state index in [-0.39, 0.29) is 17.0 Å². The Morgan fingerprint density at radius 1 is 1.16 bits per heavy atom. The SMILES string of the molecule is Cc1cc(F)ccc1C(=O)c1ccc(C(C)(C)C)s1. The van der Waals surface area contributed by atoms with Crippen LogP contribution in [0.25, 0.3) is 0 Å². The second-order valence-electron chi connectivity index (χ2n) is 5.70. The average molecular weight is 276 g/mol. The Morgan fingerprint density at radius 3 is 2.37 bits per heavy atom. The Balaban J connectivity index is 2.37. The monoisotopic (exact) mass is 276 g/mol. The number of hydrogen-bond acceptors (Lipinski definition) is 2. The molecule has 0 fully saturated rings. The van der Waals surface area contributed by atoms with Gasteiger partial charge in [-0.3, -0.25) is 4.79 Å². The molecular weight excluding hydrogens is 259 g/mol. The largest absolute Gasteiger partial charge is 0.288 e. The van der Waals surface area contributed by atoms with Crippen LogP contribution >= 0.6 is 11.3 Å². The van der Waals surface area contributed by atoms with Gasteiger partial charge in [-0.2, -0.15) is 0 Å². The molecule has 0 atom stereocenters. The first-order chi connectivity index (χ1) is 8.79. The molecule has 1 heterocycles. The van der Waals surface area contributed by atoms with Gasteiger partial charge in [0.25, 0.3) is 0 Å². The number of carbonyl (C=O) groups is 1. The highest BCUT2D eigenvalue weighted by Gasteiger charge is 2.20. The normalized spacial score (nSPS) is 11.6. The van der Waals surface area contributed by atoms with Crippen molar-refractivity contribution in [3.05, 3.63) is 57.0 Å². The minimum absolute atomic E-state index is 0.0296. The smallest absolute Gasteiger partial charge is 0.203 e. The highest BCUT2D eigenvalue weighted by Crippen LogP contribution is 2.31. The van der Waals surface area contributed by atoms with Crippen LogP contribution in [0.3, 0.4) is 0 Å². The van der Waals surface area contributed by atoms with Gasteiger partial charge in [-0.15, -0.1) is 11.3 Å². The van der Waals surface area contributed by atoms with Gasteiger partial charge in [0.1, 0.15) is 5.82 Å². The summed E-state index contributed by atoms with van der Waals surface area (Å²) in [6, 6.07) is 8.14. The number of rotatable bonds is 2. The van der Waals surface area contributed by atoms with E-state index in [0.717, 1.165) is 0 Å². The zero-order valence-corrected chi connectivity index (χ0v) is 12.4. The molecule has 0 unspecified atom stereocenters. The van der Waals surface area contributed by atoms with E-state index in [1.165, 1.54) is 28.3 Å². The Hall–Kier alpha value is -1.48. The molecule has 0 amide bonds. The molecule has 0 bridgehead atoms. The lowest BCUT2D eigenvalue weighted by Crippen LogP contribution is -2.08. The first-order valence-electron chi connectivity index (χ1n) is 6.20. The van der Waals surface area contributed by atoms with Crippen molar-refractivity contribution in [2.24, 2.45) is 0 Å². The number of aryl methyl sites for hydroxylation is 1.